The summed E-state index contributed by atoms with van der Waals surface area (Å²) in [5.41, 5.74) is -0.152. The van der Waals surface area contributed by atoms with Gasteiger partial charge in [-0.1, -0.05) is 12.1 Å². The van der Waals surface area contributed by atoms with Crippen LogP contribution in [0.15, 0.2) is 82.0 Å². The zero-order valence-electron chi connectivity index (χ0n) is 33.3. The van der Waals surface area contributed by atoms with Gasteiger partial charge in [0.2, 0.25) is 12.6 Å². The van der Waals surface area contributed by atoms with Gasteiger partial charge in [-0.3, -0.25) is 24.0 Å². The third-order valence-corrected chi connectivity index (χ3v) is 9.68. The van der Waals surface area contributed by atoms with Gasteiger partial charge in [0.1, 0.15) is 91.8 Å². The highest BCUT2D eigenvalue weighted by atomic mass is 16.7. The van der Waals surface area contributed by atoms with Crippen LogP contribution >= 0.6 is 0 Å². The van der Waals surface area contributed by atoms with E-state index >= 15 is 0 Å². The minimum Gasteiger partial charge on any atom is -0.508 e. The van der Waals surface area contributed by atoms with Crippen molar-refractivity contribution in [1.82, 2.24) is 0 Å². The summed E-state index contributed by atoms with van der Waals surface area (Å²) in [6.07, 6.45) is -18.9. The SMILES string of the molecule is O=C(O)CC(=O)OC[C@H]1O[C@@H](Oc2cc(=O)cc3oc(-c4ccc(O)cc4)c(O[C@@H]4O[C@H](COC(=O)C=Cc5ccc(O)cc5)[C@@H](O)[C@H](O)[C@H]4O)cc2-3)[C@H](O)[C@@H](O)[C@@H]1OC(=O)CC(=O)O. The smallest absolute Gasteiger partial charge is 0.330 e. The molecule has 23 nitrogen and oxygen atoms in total. The number of benzene rings is 3. The summed E-state index contributed by atoms with van der Waals surface area (Å²) < 4.78 is 44.6. The molecule has 65 heavy (non-hydrogen) atoms. The van der Waals surface area contributed by atoms with Gasteiger partial charge in [-0.15, -0.1) is 0 Å². The lowest BCUT2D eigenvalue weighted by atomic mass is 9.98. The van der Waals surface area contributed by atoms with E-state index in [0.29, 0.717) is 5.56 Å². The van der Waals surface area contributed by atoms with E-state index in [4.69, 9.17) is 47.8 Å². The highest BCUT2D eigenvalue weighted by Gasteiger charge is 2.49. The number of hydrogen-bond acceptors (Lipinski definition) is 21. The first-order valence-corrected chi connectivity index (χ1v) is 19.2. The van der Waals surface area contributed by atoms with E-state index in [0.717, 1.165) is 18.2 Å². The van der Waals surface area contributed by atoms with Crippen molar-refractivity contribution in [1.29, 1.82) is 0 Å². The normalized spacial score (nSPS) is 25.4. The van der Waals surface area contributed by atoms with Crippen LogP contribution in [-0.2, 0) is 47.7 Å². The molecule has 9 N–H and O–H groups in total. The third kappa shape index (κ3) is 11.9. The monoisotopic (exact) mass is 912 g/mol. The van der Waals surface area contributed by atoms with Crippen molar-refractivity contribution in [2.75, 3.05) is 13.2 Å². The number of aromatic hydroxyl groups is 2. The summed E-state index contributed by atoms with van der Waals surface area (Å²) in [6.45, 7) is -1.58. The maximum absolute atomic E-state index is 13.0. The molecule has 3 aliphatic heterocycles. The van der Waals surface area contributed by atoms with Crippen molar-refractivity contribution in [3.05, 3.63) is 88.6 Å². The van der Waals surface area contributed by atoms with Crippen LogP contribution in [0.5, 0.6) is 23.0 Å². The average Bonchev–Trinajstić information content (AvgIpc) is 3.25. The van der Waals surface area contributed by atoms with E-state index in [9.17, 15) is 64.5 Å². The lowest BCUT2D eigenvalue weighted by molar-refractivity contribution is -0.282. The van der Waals surface area contributed by atoms with Gasteiger partial charge >= 0.3 is 29.8 Å². The van der Waals surface area contributed by atoms with Gasteiger partial charge in [-0.2, -0.15) is 0 Å². The van der Waals surface area contributed by atoms with Crippen LogP contribution in [-0.4, -0.2) is 150 Å². The number of esters is 3. The van der Waals surface area contributed by atoms with E-state index in [1.807, 2.05) is 0 Å². The number of phenolic OH excluding ortho intramolecular Hbond substituents is 2. The summed E-state index contributed by atoms with van der Waals surface area (Å²) >= 11 is 0. The van der Waals surface area contributed by atoms with E-state index < -0.39 is 128 Å². The molecule has 2 aromatic carbocycles. The van der Waals surface area contributed by atoms with Crippen LogP contribution in [0.25, 0.3) is 28.7 Å². The maximum atomic E-state index is 13.0. The number of hydrogen-bond donors (Lipinski definition) is 9. The summed E-state index contributed by atoms with van der Waals surface area (Å²) in [5.74, 6) is -8.07. The number of fused-ring (bicyclic) bond motifs is 1. The first-order valence-electron chi connectivity index (χ1n) is 19.2. The molecule has 0 saturated carbocycles. The molecular formula is C42H40O23. The van der Waals surface area contributed by atoms with E-state index in [-0.39, 0.29) is 39.9 Å². The Bertz CT molecular complexity index is 2410. The molecule has 0 bridgehead atoms. The maximum Gasteiger partial charge on any atom is 0.330 e. The van der Waals surface area contributed by atoms with Gasteiger partial charge in [0.25, 0.3) is 0 Å². The molecular weight excluding hydrogens is 872 g/mol. The van der Waals surface area contributed by atoms with Crippen molar-refractivity contribution in [3.8, 4) is 45.6 Å². The largest absolute Gasteiger partial charge is 0.508 e. The van der Waals surface area contributed by atoms with Crippen LogP contribution in [0, 0.1) is 0 Å². The number of aliphatic hydroxyl groups excluding tert-OH is 5. The molecule has 10 atom stereocenters. The fourth-order valence-electron chi connectivity index (χ4n) is 6.47. The number of aliphatic carboxylic acids is 2. The van der Waals surface area contributed by atoms with Gasteiger partial charge in [-0.25, -0.2) is 4.79 Å². The molecule has 0 spiro atoms. The van der Waals surface area contributed by atoms with Gasteiger partial charge in [0.15, 0.2) is 23.0 Å². The van der Waals surface area contributed by atoms with Gasteiger partial charge in [0, 0.05) is 23.8 Å². The van der Waals surface area contributed by atoms with Crippen LogP contribution in [0.1, 0.15) is 18.4 Å². The Labute approximate surface area is 364 Å². The van der Waals surface area contributed by atoms with Crippen molar-refractivity contribution >= 4 is 35.9 Å². The quantitative estimate of drug-likeness (QED) is 0.0296. The summed E-state index contributed by atoms with van der Waals surface area (Å²) in [6, 6.07) is 14.3. The second-order valence-corrected chi connectivity index (χ2v) is 14.4. The highest BCUT2D eigenvalue weighted by Crippen LogP contribution is 2.43. The molecule has 0 unspecified atom stereocenters. The fraction of sp³-hybridized carbons (Fsp3) is 0.333. The van der Waals surface area contributed by atoms with Crippen molar-refractivity contribution < 1.29 is 108 Å². The molecule has 1 aliphatic carbocycles. The van der Waals surface area contributed by atoms with Crippen LogP contribution in [0.3, 0.4) is 0 Å². The average molecular weight is 913 g/mol. The predicted octanol–water partition coefficient (Wildman–Crippen LogP) is -0.504. The standard InChI is InChI=1S/C42H40O23/c43-20-6-1-18(2-7-20)3-10-31(50)58-16-27-34(53)35(54)37(56)41(63-27)62-26-13-23-24(60-39(26)19-4-8-21(44)9-5-19)11-22(45)12-25(23)61-42-38(57)36(55)40(65-33(52)15-30(48)49)28(64-42)17-59-32(51)14-29(46)47/h1-13,27-28,34-38,40-44,53-57H,14-17H2,(H,46,47)(H,48,49)/t27-,28-,34-,35+,36-,37-,38-,40-,41-,42-/m1/s1. The third-order valence-electron chi connectivity index (χ3n) is 9.68. The second-order valence-electron chi connectivity index (χ2n) is 14.4. The molecule has 2 fully saturated rings. The Balaban J connectivity index is 1.30. The van der Waals surface area contributed by atoms with Gasteiger partial charge in [0.05, 0.1) is 5.56 Å². The number of carbonyl (C=O) groups is 5. The lowest BCUT2D eigenvalue weighted by Gasteiger charge is -2.41. The van der Waals surface area contributed by atoms with E-state index in [1.165, 1.54) is 60.7 Å². The van der Waals surface area contributed by atoms with Crippen molar-refractivity contribution in [2.45, 2.75) is 74.3 Å². The Morgan fingerprint density at radius 3 is 1.85 bits per heavy atom. The molecule has 23 heteroatoms. The number of carboxylic acid groups (broad SMARTS) is 2. The van der Waals surface area contributed by atoms with Crippen LogP contribution in [0.2, 0.25) is 0 Å². The summed E-state index contributed by atoms with van der Waals surface area (Å²) in [7, 11) is 0. The van der Waals surface area contributed by atoms with E-state index in [2.05, 4.69) is 0 Å². The fourth-order valence-corrected chi connectivity index (χ4v) is 6.47. The van der Waals surface area contributed by atoms with Gasteiger partial charge < -0.3 is 83.5 Å². The second kappa shape index (κ2) is 20.6. The lowest BCUT2D eigenvalue weighted by Crippen LogP contribution is -2.61. The zero-order valence-corrected chi connectivity index (χ0v) is 33.3. The first kappa shape index (κ1) is 47.4. The molecule has 0 amide bonds. The first-order chi connectivity index (χ1) is 30.9. The number of carbonyl (C=O) groups excluding carboxylic acids is 3. The Morgan fingerprint density at radius 2 is 1.20 bits per heavy atom. The van der Waals surface area contributed by atoms with E-state index in [1.54, 1.807) is 0 Å². The van der Waals surface area contributed by atoms with Crippen LogP contribution < -0.4 is 14.9 Å². The molecule has 0 aromatic heterocycles. The molecule has 3 heterocycles. The highest BCUT2D eigenvalue weighted by molar-refractivity contribution is 5.91. The van der Waals surface area contributed by atoms with Crippen molar-refractivity contribution in [3.63, 3.8) is 0 Å². The number of aliphatic hydroxyl groups is 5. The topological polar surface area (TPSA) is 362 Å². The molecule has 6 rings (SSSR count). The molecule has 0 radical (unpaired) electrons. The number of phenols is 2. The van der Waals surface area contributed by atoms with Gasteiger partial charge in [-0.05, 0) is 54.1 Å². The number of carboxylic acids is 2. The van der Waals surface area contributed by atoms with Crippen LogP contribution in [0.4, 0.5) is 0 Å². The molecule has 2 saturated heterocycles. The summed E-state index contributed by atoms with van der Waals surface area (Å²) in [5, 5.41) is 92.1. The number of ether oxygens (including phenoxy) is 7. The van der Waals surface area contributed by atoms with Crippen molar-refractivity contribution in [2.24, 2.45) is 0 Å². The molecule has 346 valence electrons. The Kier molecular flexibility index (Phi) is 15.0. The Hall–Kier alpha value is -7.12. The molecule has 2 aromatic rings. The Morgan fingerprint density at radius 1 is 0.631 bits per heavy atom. The predicted molar refractivity (Wildman–Crippen MR) is 211 cm³/mol. The number of rotatable bonds is 16. The zero-order chi connectivity index (χ0) is 47.1. The molecule has 4 aliphatic rings. The summed E-state index contributed by atoms with van der Waals surface area (Å²) in [4.78, 5) is 72.0. The minimum absolute atomic E-state index is 0.00499. The minimum atomic E-state index is -2.15.